The van der Waals surface area contributed by atoms with Crippen molar-refractivity contribution in [3.8, 4) is 11.5 Å². The monoisotopic (exact) mass is 389 g/mol. The molecular weight excluding hydrogens is 370 g/mol. The lowest BCUT2D eigenvalue weighted by atomic mass is 9.87. The molecule has 0 aliphatic carbocycles. The van der Waals surface area contributed by atoms with Gasteiger partial charge in [-0.15, -0.1) is 0 Å². The molecule has 0 spiro atoms. The third-order valence-electron chi connectivity index (χ3n) is 4.44. The van der Waals surface area contributed by atoms with E-state index in [2.05, 4.69) is 28.1 Å². The second kappa shape index (κ2) is 6.85. The van der Waals surface area contributed by atoms with E-state index in [1.54, 1.807) is 21.1 Å². The average molecular weight is 390 g/mol. The third-order valence-corrected chi connectivity index (χ3v) is 4.94. The van der Waals surface area contributed by atoms with Gasteiger partial charge in [-0.05, 0) is 47.4 Å². The number of hydrogen-bond donors (Lipinski definition) is 0. The Morgan fingerprint density at radius 3 is 2.50 bits per heavy atom. The van der Waals surface area contributed by atoms with Crippen molar-refractivity contribution in [1.82, 2.24) is 4.90 Å². The molecule has 5 heteroatoms. The molecule has 0 saturated carbocycles. The minimum Gasteiger partial charge on any atom is -0.493 e. The van der Waals surface area contributed by atoms with Gasteiger partial charge < -0.3 is 14.4 Å². The van der Waals surface area contributed by atoms with Crippen LogP contribution in [0.4, 0.5) is 0 Å². The smallest absolute Gasteiger partial charge is 0.220 e. The van der Waals surface area contributed by atoms with E-state index in [-0.39, 0.29) is 11.9 Å². The highest BCUT2D eigenvalue weighted by atomic mass is 79.9. The summed E-state index contributed by atoms with van der Waals surface area (Å²) in [5.41, 5.74) is 3.36. The number of hydrogen-bond acceptors (Lipinski definition) is 3. The molecule has 126 valence electrons. The Hall–Kier alpha value is -2.01. The molecule has 1 aliphatic rings. The van der Waals surface area contributed by atoms with Crippen LogP contribution >= 0.6 is 15.9 Å². The second-order valence-corrected chi connectivity index (χ2v) is 6.74. The minimum absolute atomic E-state index is 0.0698. The molecule has 2 aromatic rings. The van der Waals surface area contributed by atoms with Gasteiger partial charge in [0.05, 0.1) is 20.3 Å². The first-order chi connectivity index (χ1) is 11.5. The standard InChI is InChI=1S/C19H20BrNO3/c1-12(22)21-8-7-13-10-17(23-2)18(24-3)11-16(13)19(21)14-5-4-6-15(20)9-14/h4-6,9-11,19H,7-8H2,1-3H3/t19-/m1/s1. The predicted molar refractivity (Wildman–Crippen MR) is 96.6 cm³/mol. The molecule has 1 atom stereocenters. The number of methoxy groups -OCH3 is 2. The fourth-order valence-corrected chi connectivity index (χ4v) is 3.74. The van der Waals surface area contributed by atoms with E-state index < -0.39 is 0 Å². The number of nitrogens with zero attached hydrogens (tertiary/aromatic N) is 1. The van der Waals surface area contributed by atoms with Crippen LogP contribution in [0, 0.1) is 0 Å². The molecule has 1 aliphatic heterocycles. The zero-order valence-corrected chi connectivity index (χ0v) is 15.6. The summed E-state index contributed by atoms with van der Waals surface area (Å²) in [7, 11) is 3.27. The highest BCUT2D eigenvalue weighted by molar-refractivity contribution is 9.10. The second-order valence-electron chi connectivity index (χ2n) is 5.83. The van der Waals surface area contributed by atoms with Crippen LogP contribution in [-0.4, -0.2) is 31.6 Å². The van der Waals surface area contributed by atoms with Gasteiger partial charge in [0, 0.05) is 17.9 Å². The highest BCUT2D eigenvalue weighted by Gasteiger charge is 2.31. The van der Waals surface area contributed by atoms with Crippen molar-refractivity contribution in [2.45, 2.75) is 19.4 Å². The Morgan fingerprint density at radius 2 is 1.88 bits per heavy atom. The molecule has 1 heterocycles. The van der Waals surface area contributed by atoms with E-state index in [0.717, 1.165) is 27.8 Å². The van der Waals surface area contributed by atoms with Gasteiger partial charge in [0.1, 0.15) is 0 Å². The first-order valence-electron chi connectivity index (χ1n) is 7.82. The zero-order chi connectivity index (χ0) is 17.3. The van der Waals surface area contributed by atoms with Crippen LogP contribution in [0.15, 0.2) is 40.9 Å². The van der Waals surface area contributed by atoms with Crippen LogP contribution in [0.1, 0.15) is 29.7 Å². The molecule has 4 nitrogen and oxygen atoms in total. The molecule has 0 bridgehead atoms. The maximum absolute atomic E-state index is 12.2. The molecule has 24 heavy (non-hydrogen) atoms. The van der Waals surface area contributed by atoms with Crippen LogP contribution in [0.25, 0.3) is 0 Å². The summed E-state index contributed by atoms with van der Waals surface area (Å²) in [5, 5.41) is 0. The fourth-order valence-electron chi connectivity index (χ4n) is 3.32. The number of ether oxygens (including phenoxy) is 2. The number of benzene rings is 2. The van der Waals surface area contributed by atoms with E-state index in [1.807, 2.05) is 29.2 Å². The molecule has 0 aromatic heterocycles. The van der Waals surface area contributed by atoms with Crippen molar-refractivity contribution in [2.24, 2.45) is 0 Å². The van der Waals surface area contributed by atoms with Gasteiger partial charge in [0.15, 0.2) is 11.5 Å². The Bertz CT molecular complexity index is 775. The summed E-state index contributed by atoms with van der Waals surface area (Å²) < 4.78 is 11.9. The van der Waals surface area contributed by atoms with E-state index in [4.69, 9.17) is 9.47 Å². The van der Waals surface area contributed by atoms with Crippen LogP contribution in [-0.2, 0) is 11.2 Å². The lowest BCUT2D eigenvalue weighted by Crippen LogP contribution is -2.39. The Morgan fingerprint density at radius 1 is 1.17 bits per heavy atom. The van der Waals surface area contributed by atoms with Gasteiger partial charge in [0.25, 0.3) is 0 Å². The zero-order valence-electron chi connectivity index (χ0n) is 14.0. The van der Waals surface area contributed by atoms with Crippen LogP contribution < -0.4 is 9.47 Å². The number of fused-ring (bicyclic) bond motifs is 1. The number of amides is 1. The molecule has 1 amide bonds. The topological polar surface area (TPSA) is 38.8 Å². The van der Waals surface area contributed by atoms with Crippen molar-refractivity contribution in [3.63, 3.8) is 0 Å². The van der Waals surface area contributed by atoms with Crippen molar-refractivity contribution >= 4 is 21.8 Å². The normalized spacial score (nSPS) is 16.5. The summed E-state index contributed by atoms with van der Waals surface area (Å²) >= 11 is 3.53. The molecule has 2 aromatic carbocycles. The molecule has 0 fully saturated rings. The molecule has 0 saturated heterocycles. The SMILES string of the molecule is COc1cc2c(cc1OC)[C@@H](c1cccc(Br)c1)N(C(C)=O)CC2. The van der Waals surface area contributed by atoms with E-state index in [9.17, 15) is 4.79 Å². The van der Waals surface area contributed by atoms with Gasteiger partial charge in [0.2, 0.25) is 5.91 Å². The summed E-state index contributed by atoms with van der Waals surface area (Å²) in [5.74, 6) is 1.47. The summed E-state index contributed by atoms with van der Waals surface area (Å²) in [6.07, 6.45) is 0.805. The van der Waals surface area contributed by atoms with Crippen molar-refractivity contribution < 1.29 is 14.3 Å². The van der Waals surface area contributed by atoms with Gasteiger partial charge >= 0.3 is 0 Å². The Labute approximate surface area is 150 Å². The largest absolute Gasteiger partial charge is 0.493 e. The Balaban J connectivity index is 2.18. The van der Waals surface area contributed by atoms with Gasteiger partial charge in [-0.25, -0.2) is 0 Å². The molecule has 0 N–H and O–H groups in total. The minimum atomic E-state index is -0.122. The predicted octanol–water partition coefficient (Wildman–Crippen LogP) is 3.96. The number of carbonyl (C=O) groups is 1. The molecule has 0 unspecified atom stereocenters. The first kappa shape index (κ1) is 16.8. The van der Waals surface area contributed by atoms with E-state index in [0.29, 0.717) is 12.3 Å². The van der Waals surface area contributed by atoms with Gasteiger partial charge in [-0.2, -0.15) is 0 Å². The highest BCUT2D eigenvalue weighted by Crippen LogP contribution is 2.41. The summed E-state index contributed by atoms with van der Waals surface area (Å²) in [4.78, 5) is 14.1. The molecular formula is C19H20BrNO3. The number of carbonyl (C=O) groups excluding carboxylic acids is 1. The summed E-state index contributed by atoms with van der Waals surface area (Å²) in [6, 6.07) is 12.0. The lowest BCUT2D eigenvalue weighted by Gasteiger charge is -2.37. The first-order valence-corrected chi connectivity index (χ1v) is 8.62. The Kier molecular flexibility index (Phi) is 4.81. The molecule has 0 radical (unpaired) electrons. The van der Waals surface area contributed by atoms with Crippen LogP contribution in [0.2, 0.25) is 0 Å². The van der Waals surface area contributed by atoms with Gasteiger partial charge in [-0.3, -0.25) is 4.79 Å². The van der Waals surface area contributed by atoms with Crippen LogP contribution in [0.3, 0.4) is 0 Å². The van der Waals surface area contributed by atoms with E-state index in [1.165, 1.54) is 5.56 Å². The summed E-state index contributed by atoms with van der Waals surface area (Å²) in [6.45, 7) is 2.31. The third kappa shape index (κ3) is 3.00. The van der Waals surface area contributed by atoms with Crippen molar-refractivity contribution in [2.75, 3.05) is 20.8 Å². The lowest BCUT2D eigenvalue weighted by molar-refractivity contribution is -0.130. The van der Waals surface area contributed by atoms with Crippen molar-refractivity contribution in [3.05, 3.63) is 57.6 Å². The average Bonchev–Trinajstić information content (AvgIpc) is 2.59. The van der Waals surface area contributed by atoms with Crippen molar-refractivity contribution in [1.29, 1.82) is 0 Å². The quantitative estimate of drug-likeness (QED) is 0.797. The van der Waals surface area contributed by atoms with Gasteiger partial charge in [-0.1, -0.05) is 28.1 Å². The fraction of sp³-hybridized carbons (Fsp3) is 0.316. The number of rotatable bonds is 3. The van der Waals surface area contributed by atoms with Crippen LogP contribution in [0.5, 0.6) is 11.5 Å². The number of halogens is 1. The van der Waals surface area contributed by atoms with E-state index >= 15 is 0 Å². The maximum atomic E-state index is 12.2. The maximum Gasteiger partial charge on any atom is 0.220 e. The molecule has 3 rings (SSSR count).